The first-order valence-corrected chi connectivity index (χ1v) is 15.5. The van der Waals surface area contributed by atoms with Gasteiger partial charge in [0.15, 0.2) is 0 Å². The second kappa shape index (κ2) is 14.0. The average molecular weight is 659 g/mol. The summed E-state index contributed by atoms with van der Waals surface area (Å²) < 4.78 is 69.3. The van der Waals surface area contributed by atoms with Gasteiger partial charge in [-0.2, -0.15) is 13.2 Å². The Kier molecular flexibility index (Phi) is 11.1. The van der Waals surface area contributed by atoms with Crippen LogP contribution >= 0.6 is 23.2 Å². The summed E-state index contributed by atoms with van der Waals surface area (Å²) in [5.41, 5.74) is -0.266. The molecular weight excluding hydrogens is 626 g/mol. The lowest BCUT2D eigenvalue weighted by Crippen LogP contribution is -2.53. The van der Waals surface area contributed by atoms with Gasteiger partial charge < -0.3 is 10.2 Å². The monoisotopic (exact) mass is 657 g/mol. The van der Waals surface area contributed by atoms with E-state index in [1.807, 2.05) is 0 Å². The van der Waals surface area contributed by atoms with Crippen LogP contribution in [0.1, 0.15) is 43.9 Å². The van der Waals surface area contributed by atoms with Crippen LogP contribution in [-0.4, -0.2) is 43.8 Å². The molecule has 13 heteroatoms. The Balaban J connectivity index is 2.15. The van der Waals surface area contributed by atoms with E-state index in [9.17, 15) is 31.2 Å². The van der Waals surface area contributed by atoms with Crippen LogP contribution in [0.2, 0.25) is 10.0 Å². The van der Waals surface area contributed by atoms with Gasteiger partial charge in [-0.25, -0.2) is 8.42 Å². The minimum absolute atomic E-state index is 0.157. The lowest BCUT2D eigenvalue weighted by Gasteiger charge is -2.34. The topological polar surface area (TPSA) is 86.8 Å². The van der Waals surface area contributed by atoms with E-state index in [-0.39, 0.29) is 34.6 Å². The zero-order valence-corrected chi connectivity index (χ0v) is 26.3. The van der Waals surface area contributed by atoms with E-state index < -0.39 is 46.2 Å². The number of amides is 2. The van der Waals surface area contributed by atoms with Gasteiger partial charge in [0.05, 0.1) is 16.1 Å². The zero-order chi connectivity index (χ0) is 32.1. The third-order valence-electron chi connectivity index (χ3n) is 6.52. The molecule has 0 bridgehead atoms. The summed E-state index contributed by atoms with van der Waals surface area (Å²) in [5, 5.41) is 3.32. The summed E-state index contributed by atoms with van der Waals surface area (Å²) in [6, 6.07) is 12.7. The molecule has 1 unspecified atom stereocenters. The van der Waals surface area contributed by atoms with Crippen molar-refractivity contribution in [2.24, 2.45) is 0 Å². The molecule has 0 saturated carbocycles. The Bertz CT molecular complexity index is 1570. The highest BCUT2D eigenvalue weighted by Gasteiger charge is 2.36. The van der Waals surface area contributed by atoms with Gasteiger partial charge in [-0.1, -0.05) is 60.0 Å². The second-order valence-corrected chi connectivity index (χ2v) is 12.9. The fourth-order valence-electron chi connectivity index (χ4n) is 4.34. The fraction of sp³-hybridized carbons (Fsp3) is 0.333. The van der Waals surface area contributed by atoms with E-state index >= 15 is 0 Å². The third-order valence-corrected chi connectivity index (χ3v) is 8.90. The van der Waals surface area contributed by atoms with Gasteiger partial charge in [-0.3, -0.25) is 13.9 Å². The van der Waals surface area contributed by atoms with Crippen LogP contribution in [0.5, 0.6) is 0 Å². The summed E-state index contributed by atoms with van der Waals surface area (Å²) in [4.78, 5) is 28.2. The predicted octanol–water partition coefficient (Wildman–Crippen LogP) is 6.85. The summed E-state index contributed by atoms with van der Waals surface area (Å²) >= 11 is 12.4. The summed E-state index contributed by atoms with van der Waals surface area (Å²) in [5.74, 6) is -1.31. The van der Waals surface area contributed by atoms with Crippen molar-refractivity contribution >= 4 is 50.7 Å². The first-order valence-electron chi connectivity index (χ1n) is 13.3. The normalized spacial score (nSPS) is 12.6. The largest absolute Gasteiger partial charge is 0.416 e. The minimum atomic E-state index is -4.76. The summed E-state index contributed by atoms with van der Waals surface area (Å²) in [6.07, 6.45) is -4.61. The summed E-state index contributed by atoms with van der Waals surface area (Å²) in [6.45, 7) is 5.83. The third kappa shape index (κ3) is 8.64. The van der Waals surface area contributed by atoms with Crippen molar-refractivity contribution in [3.05, 3.63) is 93.5 Å². The van der Waals surface area contributed by atoms with Gasteiger partial charge in [-0.05, 0) is 75.2 Å². The molecule has 7 nitrogen and oxygen atoms in total. The van der Waals surface area contributed by atoms with E-state index in [1.54, 1.807) is 39.8 Å². The van der Waals surface area contributed by atoms with Gasteiger partial charge in [0.25, 0.3) is 10.0 Å². The fourth-order valence-corrected chi connectivity index (χ4v) is 6.21. The molecule has 3 rings (SSSR count). The number of benzene rings is 3. The van der Waals surface area contributed by atoms with E-state index in [0.717, 1.165) is 17.7 Å². The van der Waals surface area contributed by atoms with Crippen molar-refractivity contribution in [3.8, 4) is 0 Å². The SMILES string of the molecule is CCC(C(=O)NC(C)C)N(Cc1ccc(Cl)cc1Cl)C(=O)CN(c1cccc(C(F)(F)F)c1)S(=O)(=O)c1ccc(C)cc1. The maximum absolute atomic E-state index is 14.1. The molecule has 0 saturated heterocycles. The van der Waals surface area contributed by atoms with Gasteiger partial charge in [0.1, 0.15) is 12.6 Å². The number of nitrogens with one attached hydrogen (secondary N) is 1. The number of halogens is 5. The van der Waals surface area contributed by atoms with E-state index in [0.29, 0.717) is 21.0 Å². The van der Waals surface area contributed by atoms with Crippen LogP contribution in [-0.2, 0) is 32.3 Å². The van der Waals surface area contributed by atoms with E-state index in [2.05, 4.69) is 5.32 Å². The first kappa shape index (κ1) is 34.2. The molecular formula is C30H32Cl2F3N3O4S. The van der Waals surface area contributed by atoms with Gasteiger partial charge >= 0.3 is 6.18 Å². The lowest BCUT2D eigenvalue weighted by molar-refractivity contribution is -0.140. The Morgan fingerprint density at radius 2 is 1.63 bits per heavy atom. The highest BCUT2D eigenvalue weighted by Crippen LogP contribution is 2.34. The van der Waals surface area contributed by atoms with Crippen LogP contribution < -0.4 is 9.62 Å². The molecule has 3 aromatic rings. The summed E-state index contributed by atoms with van der Waals surface area (Å²) in [7, 11) is -4.55. The number of anilines is 1. The molecule has 0 spiro atoms. The number of carbonyl (C=O) groups is 2. The Hall–Kier alpha value is -3.28. The molecule has 1 atom stereocenters. The van der Waals surface area contributed by atoms with Gasteiger partial charge in [0, 0.05) is 22.6 Å². The molecule has 1 N–H and O–H groups in total. The van der Waals surface area contributed by atoms with E-state index in [4.69, 9.17) is 23.2 Å². The number of aryl methyl sites for hydroxylation is 1. The van der Waals surface area contributed by atoms with Crippen LogP contribution in [0.15, 0.2) is 71.6 Å². The minimum Gasteiger partial charge on any atom is -0.352 e. The van der Waals surface area contributed by atoms with Crippen molar-refractivity contribution in [2.45, 2.75) is 63.8 Å². The van der Waals surface area contributed by atoms with Crippen molar-refractivity contribution in [2.75, 3.05) is 10.8 Å². The number of carbonyl (C=O) groups excluding carboxylic acids is 2. The number of alkyl halides is 3. The molecule has 0 aliphatic rings. The van der Waals surface area contributed by atoms with Crippen molar-refractivity contribution in [1.82, 2.24) is 10.2 Å². The number of nitrogens with zero attached hydrogens (tertiary/aromatic N) is 2. The molecule has 0 heterocycles. The Morgan fingerprint density at radius 3 is 2.19 bits per heavy atom. The zero-order valence-electron chi connectivity index (χ0n) is 24.0. The van der Waals surface area contributed by atoms with Crippen LogP contribution in [0.4, 0.5) is 18.9 Å². The van der Waals surface area contributed by atoms with Gasteiger partial charge in [0.2, 0.25) is 11.8 Å². The maximum atomic E-state index is 14.1. The smallest absolute Gasteiger partial charge is 0.352 e. The molecule has 0 aliphatic heterocycles. The molecule has 0 fully saturated rings. The van der Waals surface area contributed by atoms with Crippen LogP contribution in [0.25, 0.3) is 0 Å². The molecule has 43 heavy (non-hydrogen) atoms. The van der Waals surface area contributed by atoms with Gasteiger partial charge in [-0.15, -0.1) is 0 Å². The van der Waals surface area contributed by atoms with Crippen molar-refractivity contribution < 1.29 is 31.2 Å². The first-order chi connectivity index (χ1) is 20.0. The highest BCUT2D eigenvalue weighted by atomic mass is 35.5. The Morgan fingerprint density at radius 1 is 0.977 bits per heavy atom. The number of rotatable bonds is 11. The molecule has 2 amide bonds. The molecule has 0 radical (unpaired) electrons. The molecule has 0 aromatic heterocycles. The van der Waals surface area contributed by atoms with Crippen LogP contribution in [0, 0.1) is 6.92 Å². The van der Waals surface area contributed by atoms with Crippen LogP contribution in [0.3, 0.4) is 0 Å². The molecule has 232 valence electrons. The van der Waals surface area contributed by atoms with E-state index in [1.165, 1.54) is 41.3 Å². The molecule has 3 aromatic carbocycles. The van der Waals surface area contributed by atoms with Crippen molar-refractivity contribution in [1.29, 1.82) is 0 Å². The standard InChI is InChI=1S/C30H32Cl2F3N3O4S/c1-5-27(29(40)36-19(2)3)37(17-21-11-12-23(31)16-26(21)32)28(39)18-38(24-8-6-7-22(15-24)30(33,34)35)43(41,42)25-13-9-20(4)10-14-25/h6-16,19,27H,5,17-18H2,1-4H3,(H,36,40). The number of hydrogen-bond acceptors (Lipinski definition) is 4. The average Bonchev–Trinajstić information content (AvgIpc) is 2.92. The number of hydrogen-bond donors (Lipinski definition) is 1. The lowest BCUT2D eigenvalue weighted by atomic mass is 10.1. The maximum Gasteiger partial charge on any atom is 0.416 e. The molecule has 0 aliphatic carbocycles. The second-order valence-electron chi connectivity index (χ2n) is 10.2. The van der Waals surface area contributed by atoms with Crippen molar-refractivity contribution in [3.63, 3.8) is 0 Å². The predicted molar refractivity (Wildman–Crippen MR) is 162 cm³/mol. The quantitative estimate of drug-likeness (QED) is 0.244. The highest BCUT2D eigenvalue weighted by molar-refractivity contribution is 7.92. The Labute approximate surface area is 259 Å². The number of sulfonamides is 1.